The van der Waals surface area contributed by atoms with Gasteiger partial charge in [-0.15, -0.1) is 0 Å². The van der Waals surface area contributed by atoms with Crippen molar-refractivity contribution in [3.63, 3.8) is 0 Å². The molecule has 5 nitrogen and oxygen atoms in total. The number of hydrogen-bond acceptors (Lipinski definition) is 4. The summed E-state index contributed by atoms with van der Waals surface area (Å²) in [6.07, 6.45) is 0.583. The van der Waals surface area contributed by atoms with Gasteiger partial charge in [-0.25, -0.2) is 0 Å². The van der Waals surface area contributed by atoms with Gasteiger partial charge in [0.05, 0.1) is 24.2 Å². The van der Waals surface area contributed by atoms with Crippen molar-refractivity contribution >= 4 is 5.91 Å². The number of hydrogen-bond donors (Lipinski definition) is 0. The van der Waals surface area contributed by atoms with Crippen LogP contribution in [0.25, 0.3) is 0 Å². The highest BCUT2D eigenvalue weighted by Crippen LogP contribution is 2.33. The molecule has 1 amide bonds. The van der Waals surface area contributed by atoms with Crippen LogP contribution in [0.4, 0.5) is 13.2 Å². The molecule has 8 heteroatoms. The van der Waals surface area contributed by atoms with Crippen LogP contribution in [-0.2, 0) is 36.9 Å². The molecule has 1 fully saturated rings. The van der Waals surface area contributed by atoms with E-state index < -0.39 is 11.7 Å². The van der Waals surface area contributed by atoms with Crippen LogP contribution in [0.3, 0.4) is 0 Å². The van der Waals surface area contributed by atoms with Gasteiger partial charge in [0, 0.05) is 38.9 Å². The maximum absolute atomic E-state index is 13.5. The number of carbonyl (C=O) groups is 1. The molecule has 1 aliphatic carbocycles. The van der Waals surface area contributed by atoms with Gasteiger partial charge < -0.3 is 9.80 Å². The fourth-order valence-corrected chi connectivity index (χ4v) is 4.62. The molecule has 2 aromatic rings. The minimum absolute atomic E-state index is 0.118. The van der Waals surface area contributed by atoms with Crippen molar-refractivity contribution in [2.24, 2.45) is 5.92 Å². The second-order valence-electron chi connectivity index (χ2n) is 9.77. The molecule has 0 unspecified atom stereocenters. The van der Waals surface area contributed by atoms with Crippen molar-refractivity contribution in [2.45, 2.75) is 44.9 Å². The maximum atomic E-state index is 13.5. The average molecular weight is 475 g/mol. The molecule has 2 heterocycles. The molecular formula is C26H33F3N4O. The molecule has 34 heavy (non-hydrogen) atoms. The molecule has 1 saturated carbocycles. The molecule has 1 aromatic carbocycles. The van der Waals surface area contributed by atoms with Crippen LogP contribution in [-0.4, -0.2) is 65.9 Å². The van der Waals surface area contributed by atoms with E-state index in [2.05, 4.69) is 16.0 Å². The predicted molar refractivity (Wildman–Crippen MR) is 125 cm³/mol. The van der Waals surface area contributed by atoms with E-state index in [4.69, 9.17) is 0 Å². The summed E-state index contributed by atoms with van der Waals surface area (Å²) in [5.74, 6) is 0.666. The SMILES string of the molecule is CN(C)CCN(Cc1ncccc1C(F)(F)F)C(=O)Cc1cccc2c1CCN(CC1CC1)C2. The van der Waals surface area contributed by atoms with Crippen LogP contribution in [0.1, 0.15) is 40.8 Å². The maximum Gasteiger partial charge on any atom is 0.418 e. The van der Waals surface area contributed by atoms with Crippen molar-refractivity contribution in [1.82, 2.24) is 19.7 Å². The topological polar surface area (TPSA) is 39.7 Å². The molecule has 184 valence electrons. The molecule has 0 N–H and O–H groups in total. The zero-order valence-corrected chi connectivity index (χ0v) is 19.9. The third-order valence-corrected chi connectivity index (χ3v) is 6.70. The minimum Gasteiger partial charge on any atom is -0.335 e. The summed E-state index contributed by atoms with van der Waals surface area (Å²) < 4.78 is 40.5. The average Bonchev–Trinajstić information content (AvgIpc) is 3.60. The Labute approximate surface area is 199 Å². The molecule has 1 aliphatic heterocycles. The van der Waals surface area contributed by atoms with Gasteiger partial charge in [-0.3, -0.25) is 14.7 Å². The lowest BCUT2D eigenvalue weighted by molar-refractivity contribution is -0.140. The number of pyridine rings is 1. The highest BCUT2D eigenvalue weighted by molar-refractivity contribution is 5.79. The lowest BCUT2D eigenvalue weighted by Gasteiger charge is -2.31. The zero-order valence-electron chi connectivity index (χ0n) is 19.9. The van der Waals surface area contributed by atoms with E-state index >= 15 is 0 Å². The number of carbonyl (C=O) groups excluding carboxylic acids is 1. The summed E-state index contributed by atoms with van der Waals surface area (Å²) in [7, 11) is 3.76. The fourth-order valence-electron chi connectivity index (χ4n) is 4.62. The molecule has 0 radical (unpaired) electrons. The third-order valence-electron chi connectivity index (χ3n) is 6.70. The summed E-state index contributed by atoms with van der Waals surface area (Å²) in [5, 5.41) is 0. The molecule has 4 rings (SSSR count). The molecule has 2 aliphatic rings. The van der Waals surface area contributed by atoms with Gasteiger partial charge in [-0.2, -0.15) is 13.2 Å². The van der Waals surface area contributed by atoms with Crippen molar-refractivity contribution in [3.8, 4) is 0 Å². The highest BCUT2D eigenvalue weighted by atomic mass is 19.4. The van der Waals surface area contributed by atoms with E-state index in [1.807, 2.05) is 31.1 Å². The number of alkyl halides is 3. The first-order valence-corrected chi connectivity index (χ1v) is 12.0. The van der Waals surface area contributed by atoms with Crippen molar-refractivity contribution < 1.29 is 18.0 Å². The number of halogens is 3. The first-order chi connectivity index (χ1) is 16.2. The Morgan fingerprint density at radius 2 is 1.94 bits per heavy atom. The van der Waals surface area contributed by atoms with E-state index in [0.29, 0.717) is 13.1 Å². The van der Waals surface area contributed by atoms with Gasteiger partial charge in [0.25, 0.3) is 0 Å². The smallest absolute Gasteiger partial charge is 0.335 e. The van der Waals surface area contributed by atoms with Crippen LogP contribution >= 0.6 is 0 Å². The Hall–Kier alpha value is -2.45. The molecule has 0 spiro atoms. The lowest BCUT2D eigenvalue weighted by atomic mass is 9.92. The molecular weight excluding hydrogens is 441 g/mol. The monoisotopic (exact) mass is 474 g/mol. The van der Waals surface area contributed by atoms with Gasteiger partial charge in [-0.1, -0.05) is 18.2 Å². The minimum atomic E-state index is -4.51. The van der Waals surface area contributed by atoms with E-state index in [1.54, 1.807) is 0 Å². The number of nitrogens with zero attached hydrogens (tertiary/aromatic N) is 4. The standard InChI is InChI=1S/C26H33F3N4O/c1-31(2)13-14-33(18-24-23(26(27,28)29)7-4-11-30-24)25(34)15-20-5-3-6-21-17-32(12-10-22(20)21)16-19-8-9-19/h3-7,11,19H,8-10,12-18H2,1-2H3. The number of aromatic nitrogens is 1. The Kier molecular flexibility index (Phi) is 7.57. The first kappa shape index (κ1) is 24.7. The van der Waals surface area contributed by atoms with Crippen LogP contribution in [0.15, 0.2) is 36.5 Å². The van der Waals surface area contributed by atoms with Gasteiger partial charge >= 0.3 is 6.18 Å². The van der Waals surface area contributed by atoms with Gasteiger partial charge in [-0.05, 0) is 68.1 Å². The quantitative estimate of drug-likeness (QED) is 0.551. The van der Waals surface area contributed by atoms with Crippen molar-refractivity contribution in [2.75, 3.05) is 40.3 Å². The summed E-state index contributed by atoms with van der Waals surface area (Å²) in [6, 6.07) is 8.42. The Balaban J connectivity index is 1.51. The first-order valence-electron chi connectivity index (χ1n) is 12.0. The molecule has 0 bridgehead atoms. The second-order valence-corrected chi connectivity index (χ2v) is 9.77. The van der Waals surface area contributed by atoms with Crippen LogP contribution in [0.5, 0.6) is 0 Å². The predicted octanol–water partition coefficient (Wildman–Crippen LogP) is 4.00. The van der Waals surface area contributed by atoms with Crippen molar-refractivity contribution in [3.05, 3.63) is 64.5 Å². The fraction of sp³-hybridized carbons (Fsp3) is 0.538. The molecule has 0 saturated heterocycles. The highest BCUT2D eigenvalue weighted by Gasteiger charge is 2.35. The third kappa shape index (κ3) is 6.36. The number of fused-ring (bicyclic) bond motifs is 1. The zero-order chi connectivity index (χ0) is 24.3. The summed E-state index contributed by atoms with van der Waals surface area (Å²) in [4.78, 5) is 23.3. The normalized spacial score (nSPS) is 16.5. The van der Waals surface area contributed by atoms with Crippen molar-refractivity contribution in [1.29, 1.82) is 0 Å². The largest absolute Gasteiger partial charge is 0.418 e. The summed E-state index contributed by atoms with van der Waals surface area (Å²) in [5.41, 5.74) is 2.57. The van der Waals surface area contributed by atoms with Gasteiger partial charge in [0.2, 0.25) is 5.91 Å². The van der Waals surface area contributed by atoms with Gasteiger partial charge in [0.15, 0.2) is 0 Å². The van der Waals surface area contributed by atoms with E-state index in [9.17, 15) is 18.0 Å². The van der Waals surface area contributed by atoms with E-state index in [1.165, 1.54) is 41.1 Å². The summed E-state index contributed by atoms with van der Waals surface area (Å²) >= 11 is 0. The second kappa shape index (κ2) is 10.4. The van der Waals surface area contributed by atoms with E-state index in [0.717, 1.165) is 43.6 Å². The van der Waals surface area contributed by atoms with Crippen LogP contribution in [0, 0.1) is 5.92 Å². The number of benzene rings is 1. The van der Waals surface area contributed by atoms with Gasteiger partial charge in [0.1, 0.15) is 0 Å². The van der Waals surface area contributed by atoms with E-state index in [-0.39, 0.29) is 24.6 Å². The number of amides is 1. The van der Waals surface area contributed by atoms with Crippen LogP contribution in [0.2, 0.25) is 0 Å². The number of likely N-dealkylation sites (N-methyl/N-ethyl adjacent to an activating group) is 1. The Morgan fingerprint density at radius 3 is 2.65 bits per heavy atom. The molecule has 0 atom stereocenters. The summed E-state index contributed by atoms with van der Waals surface area (Å²) in [6.45, 7) is 3.77. The lowest BCUT2D eigenvalue weighted by Crippen LogP contribution is -2.38. The van der Waals surface area contributed by atoms with Crippen LogP contribution < -0.4 is 0 Å². The molecule has 1 aromatic heterocycles. The Morgan fingerprint density at radius 1 is 1.15 bits per heavy atom. The number of rotatable bonds is 9. The Bertz CT molecular complexity index is 1000.